The van der Waals surface area contributed by atoms with Gasteiger partial charge >= 0.3 is 0 Å². The average molecular weight is 658 g/mol. The van der Waals surface area contributed by atoms with Crippen LogP contribution < -0.4 is 0 Å². The van der Waals surface area contributed by atoms with Gasteiger partial charge < -0.3 is 0 Å². The highest BCUT2D eigenvalue weighted by atomic mass is 32.1. The molecule has 0 saturated carbocycles. The summed E-state index contributed by atoms with van der Waals surface area (Å²) in [6.07, 6.45) is 6.22. The van der Waals surface area contributed by atoms with Crippen LogP contribution in [0.25, 0.3) is 53.9 Å². The van der Waals surface area contributed by atoms with E-state index in [4.69, 9.17) is 4.98 Å². The Hall–Kier alpha value is -6.28. The van der Waals surface area contributed by atoms with Gasteiger partial charge in [0.1, 0.15) is 16.0 Å². The van der Waals surface area contributed by atoms with E-state index in [-0.39, 0.29) is 0 Å². The minimum Gasteiger partial charge on any atom is -0.290 e. The standard InChI is InChI=1S/C46H31N3S/c1-3-37-38-23-21-33(27-41(38)46(35-15-6-4-7-16-35,36-17-8-5-9-18-36)40(37)25-30(2)28-47)31-13-12-14-32(26-31)34-22-24-43-48-44-39-19-10-11-20-42(39)50-45(44)49(43)29-34/h3-27,29H,1H2,2H3/b30-25+. The van der Waals surface area contributed by atoms with Gasteiger partial charge in [0, 0.05) is 21.9 Å². The van der Waals surface area contributed by atoms with Crippen LogP contribution in [0, 0.1) is 11.3 Å². The fourth-order valence-corrected chi connectivity index (χ4v) is 8.91. The van der Waals surface area contributed by atoms with Crippen molar-refractivity contribution in [2.75, 3.05) is 0 Å². The Kier molecular flexibility index (Phi) is 6.98. The molecule has 9 rings (SSSR count). The molecule has 1 aliphatic carbocycles. The van der Waals surface area contributed by atoms with E-state index in [0.29, 0.717) is 5.57 Å². The van der Waals surface area contributed by atoms with Crippen molar-refractivity contribution in [3.63, 3.8) is 0 Å². The second-order valence-corrected chi connectivity index (χ2v) is 13.8. The van der Waals surface area contributed by atoms with Crippen LogP contribution >= 0.6 is 11.3 Å². The zero-order valence-electron chi connectivity index (χ0n) is 27.5. The molecule has 50 heavy (non-hydrogen) atoms. The zero-order chi connectivity index (χ0) is 33.8. The molecule has 0 radical (unpaired) electrons. The maximum absolute atomic E-state index is 9.96. The number of rotatable bonds is 6. The largest absolute Gasteiger partial charge is 0.290 e. The Balaban J connectivity index is 1.23. The second-order valence-electron chi connectivity index (χ2n) is 12.8. The lowest BCUT2D eigenvalue weighted by Crippen LogP contribution is -2.29. The molecule has 0 bridgehead atoms. The minimum absolute atomic E-state index is 0.644. The van der Waals surface area contributed by atoms with Crippen molar-refractivity contribution < 1.29 is 0 Å². The molecule has 0 spiro atoms. The summed E-state index contributed by atoms with van der Waals surface area (Å²) < 4.78 is 3.48. The molecular weight excluding hydrogens is 627 g/mol. The highest BCUT2D eigenvalue weighted by Gasteiger charge is 2.46. The predicted molar refractivity (Wildman–Crippen MR) is 208 cm³/mol. The summed E-state index contributed by atoms with van der Waals surface area (Å²) in [4.78, 5) is 6.15. The van der Waals surface area contributed by atoms with Gasteiger partial charge in [0.2, 0.25) is 0 Å². The van der Waals surface area contributed by atoms with Crippen LogP contribution in [0.4, 0.5) is 0 Å². The van der Waals surface area contributed by atoms with Crippen LogP contribution in [-0.2, 0) is 5.41 Å². The Labute approximate surface area is 295 Å². The van der Waals surface area contributed by atoms with Crippen molar-refractivity contribution in [3.8, 4) is 28.3 Å². The van der Waals surface area contributed by atoms with Crippen molar-refractivity contribution in [3.05, 3.63) is 198 Å². The number of aromatic nitrogens is 2. The molecule has 236 valence electrons. The Morgan fingerprint density at radius 1 is 0.760 bits per heavy atom. The summed E-state index contributed by atoms with van der Waals surface area (Å²) in [5.74, 6) is 0. The lowest BCUT2D eigenvalue weighted by atomic mass is 9.66. The molecular formula is C46H31N3S. The normalized spacial score (nSPS) is 14.0. The van der Waals surface area contributed by atoms with E-state index < -0.39 is 5.41 Å². The third-order valence-electron chi connectivity index (χ3n) is 10.0. The maximum Gasteiger partial charge on any atom is 0.138 e. The number of thiophene rings is 1. The Morgan fingerprint density at radius 2 is 1.42 bits per heavy atom. The van der Waals surface area contributed by atoms with Crippen molar-refractivity contribution in [1.82, 2.24) is 9.38 Å². The van der Waals surface area contributed by atoms with Gasteiger partial charge in [0.15, 0.2) is 0 Å². The fourth-order valence-electron chi connectivity index (χ4n) is 7.78. The third-order valence-corrected chi connectivity index (χ3v) is 11.2. The molecule has 8 aromatic rings. The number of pyridine rings is 1. The summed E-state index contributed by atoms with van der Waals surface area (Å²) in [6, 6.07) is 52.0. The summed E-state index contributed by atoms with van der Waals surface area (Å²) in [5, 5.41) is 11.2. The maximum atomic E-state index is 9.96. The number of imidazole rings is 1. The Morgan fingerprint density at radius 3 is 2.14 bits per heavy atom. The van der Waals surface area contributed by atoms with Crippen molar-refractivity contribution >= 4 is 43.0 Å². The van der Waals surface area contributed by atoms with Crippen LogP contribution in [0.3, 0.4) is 0 Å². The van der Waals surface area contributed by atoms with E-state index in [0.717, 1.165) is 66.1 Å². The summed E-state index contributed by atoms with van der Waals surface area (Å²) in [5.41, 5.74) is 13.3. The molecule has 5 aromatic carbocycles. The molecule has 3 nitrogen and oxygen atoms in total. The SMILES string of the molecule is C=CC1=C(/C=C(\C)C#N)C(c2ccccc2)(c2ccccc2)c2cc(-c3cccc(-c4ccc5nc6c7ccccc7sc6n5c4)c3)ccc21. The first-order valence-corrected chi connectivity index (χ1v) is 17.5. The van der Waals surface area contributed by atoms with Crippen LogP contribution in [0.2, 0.25) is 0 Å². The molecule has 3 heterocycles. The van der Waals surface area contributed by atoms with E-state index >= 15 is 0 Å². The third kappa shape index (κ3) is 4.45. The second kappa shape index (κ2) is 11.7. The van der Waals surface area contributed by atoms with E-state index in [1.807, 2.05) is 13.0 Å². The molecule has 0 saturated heterocycles. The number of hydrogen-bond acceptors (Lipinski definition) is 3. The smallest absolute Gasteiger partial charge is 0.138 e. The van der Waals surface area contributed by atoms with E-state index in [9.17, 15) is 5.26 Å². The first kappa shape index (κ1) is 29.8. The minimum atomic E-state index is -0.644. The molecule has 0 N–H and O–H groups in total. The molecule has 0 atom stereocenters. The quantitative estimate of drug-likeness (QED) is 0.167. The number of fused-ring (bicyclic) bond motifs is 6. The van der Waals surface area contributed by atoms with Crippen LogP contribution in [-0.4, -0.2) is 9.38 Å². The van der Waals surface area contributed by atoms with E-state index in [1.54, 1.807) is 11.3 Å². The van der Waals surface area contributed by atoms with Gasteiger partial charge in [-0.3, -0.25) is 4.40 Å². The van der Waals surface area contributed by atoms with E-state index in [2.05, 4.69) is 169 Å². The molecule has 0 aliphatic heterocycles. The number of nitriles is 1. The van der Waals surface area contributed by atoms with Crippen LogP contribution in [0.15, 0.2) is 176 Å². The number of benzene rings is 5. The average Bonchev–Trinajstić information content (AvgIpc) is 3.81. The molecule has 0 amide bonds. The monoisotopic (exact) mass is 657 g/mol. The van der Waals surface area contributed by atoms with Crippen molar-refractivity contribution in [2.24, 2.45) is 0 Å². The van der Waals surface area contributed by atoms with Gasteiger partial charge in [0.25, 0.3) is 0 Å². The zero-order valence-corrected chi connectivity index (χ0v) is 28.3. The summed E-state index contributed by atoms with van der Waals surface area (Å²) >= 11 is 1.78. The fraction of sp³-hybridized carbons (Fsp3) is 0.0435. The molecule has 0 fully saturated rings. The van der Waals surface area contributed by atoms with Gasteiger partial charge in [-0.25, -0.2) is 4.98 Å². The molecule has 1 aliphatic rings. The summed E-state index contributed by atoms with van der Waals surface area (Å²) in [6.45, 7) is 6.15. The number of hydrogen-bond donors (Lipinski definition) is 0. The molecule has 3 aromatic heterocycles. The van der Waals surface area contributed by atoms with Gasteiger partial charge in [-0.2, -0.15) is 5.26 Å². The highest BCUT2D eigenvalue weighted by molar-refractivity contribution is 7.25. The topological polar surface area (TPSA) is 41.1 Å². The first-order chi connectivity index (χ1) is 24.6. The van der Waals surface area contributed by atoms with Crippen molar-refractivity contribution in [2.45, 2.75) is 12.3 Å². The van der Waals surface area contributed by atoms with Crippen molar-refractivity contribution in [1.29, 1.82) is 5.26 Å². The van der Waals surface area contributed by atoms with Gasteiger partial charge in [-0.15, -0.1) is 11.3 Å². The molecule has 0 unspecified atom stereocenters. The number of allylic oxidation sites excluding steroid dienone is 5. The lowest BCUT2D eigenvalue weighted by Gasteiger charge is -2.35. The first-order valence-electron chi connectivity index (χ1n) is 16.7. The highest BCUT2D eigenvalue weighted by Crippen LogP contribution is 2.56. The van der Waals surface area contributed by atoms with Gasteiger partial charge in [-0.1, -0.05) is 122 Å². The van der Waals surface area contributed by atoms with E-state index in [1.165, 1.54) is 15.6 Å². The molecule has 4 heteroatoms. The van der Waals surface area contributed by atoms with Crippen LogP contribution in [0.5, 0.6) is 0 Å². The lowest BCUT2D eigenvalue weighted by molar-refractivity contribution is 0.761. The predicted octanol–water partition coefficient (Wildman–Crippen LogP) is 11.8. The Bertz CT molecular complexity index is 2700. The van der Waals surface area contributed by atoms with Gasteiger partial charge in [-0.05, 0) is 99.0 Å². The van der Waals surface area contributed by atoms with Gasteiger partial charge in [0.05, 0.1) is 11.5 Å². The summed E-state index contributed by atoms with van der Waals surface area (Å²) in [7, 11) is 0. The van der Waals surface area contributed by atoms with Crippen LogP contribution in [0.1, 0.15) is 29.2 Å². The number of nitrogens with zero attached hydrogens (tertiary/aromatic N) is 3.